The molecule has 0 saturated heterocycles. The van der Waals surface area contributed by atoms with Crippen molar-refractivity contribution in [2.45, 2.75) is 32.9 Å². The molecular formula is C10H25N3S. The normalized spacial score (nSPS) is 15.4. The van der Waals surface area contributed by atoms with Gasteiger partial charge in [-0.15, -0.1) is 0 Å². The van der Waals surface area contributed by atoms with E-state index in [2.05, 4.69) is 49.4 Å². The summed E-state index contributed by atoms with van der Waals surface area (Å²) in [7, 11) is 0. The third-order valence-corrected chi connectivity index (χ3v) is 2.57. The lowest BCUT2D eigenvalue weighted by atomic mass is 10.2. The van der Waals surface area contributed by atoms with Gasteiger partial charge in [0.1, 0.15) is 0 Å². The Morgan fingerprint density at radius 3 is 2.29 bits per heavy atom. The summed E-state index contributed by atoms with van der Waals surface area (Å²) < 4.78 is 0. The number of hydrogen-bond donors (Lipinski definition) is 4. The molecule has 0 aliphatic heterocycles. The van der Waals surface area contributed by atoms with Gasteiger partial charge in [-0.1, -0.05) is 13.8 Å². The molecule has 0 aromatic heterocycles. The highest BCUT2D eigenvalue weighted by atomic mass is 32.1. The highest BCUT2D eigenvalue weighted by Gasteiger charge is 2.06. The molecule has 86 valence electrons. The molecule has 0 aromatic rings. The summed E-state index contributed by atoms with van der Waals surface area (Å²) in [5.74, 6) is 0.881. The van der Waals surface area contributed by atoms with Crippen molar-refractivity contribution in [2.75, 3.05) is 31.9 Å². The molecule has 0 rings (SSSR count). The molecule has 0 spiro atoms. The molecule has 0 saturated carbocycles. The zero-order chi connectivity index (χ0) is 10.8. The molecule has 14 heavy (non-hydrogen) atoms. The smallest absolute Gasteiger partial charge is 0.0281 e. The third-order valence-electron chi connectivity index (χ3n) is 2.13. The topological polar surface area (TPSA) is 36.1 Å². The van der Waals surface area contributed by atoms with Crippen LogP contribution in [0.25, 0.3) is 0 Å². The fraction of sp³-hybridized carbons (Fsp3) is 1.00. The van der Waals surface area contributed by atoms with Gasteiger partial charge in [0.05, 0.1) is 0 Å². The van der Waals surface area contributed by atoms with Gasteiger partial charge in [-0.3, -0.25) is 0 Å². The van der Waals surface area contributed by atoms with Gasteiger partial charge >= 0.3 is 0 Å². The quantitative estimate of drug-likeness (QED) is 0.426. The molecule has 0 fully saturated rings. The van der Waals surface area contributed by atoms with Crippen molar-refractivity contribution in [1.29, 1.82) is 0 Å². The molecule has 0 aliphatic rings. The lowest BCUT2D eigenvalue weighted by Crippen LogP contribution is -2.45. The second-order valence-electron chi connectivity index (χ2n) is 3.55. The first-order valence-corrected chi connectivity index (χ1v) is 6.16. The number of likely N-dealkylation sites (N-methyl/N-ethyl adjacent to an activating group) is 2. The van der Waals surface area contributed by atoms with Gasteiger partial charge in [0.25, 0.3) is 0 Å². The SMILES string of the molecule is CCNC[C@H](CS)NC[C@@H](C)NCC. The fourth-order valence-electron chi connectivity index (χ4n) is 1.28. The second kappa shape index (κ2) is 9.77. The lowest BCUT2D eigenvalue weighted by molar-refractivity contribution is 0.457. The van der Waals surface area contributed by atoms with Crippen LogP contribution in [0.15, 0.2) is 0 Å². The van der Waals surface area contributed by atoms with Crippen LogP contribution in [0.4, 0.5) is 0 Å². The summed E-state index contributed by atoms with van der Waals surface area (Å²) in [6.07, 6.45) is 0. The van der Waals surface area contributed by atoms with E-state index in [1.807, 2.05) is 0 Å². The van der Waals surface area contributed by atoms with Crippen molar-refractivity contribution in [2.24, 2.45) is 0 Å². The summed E-state index contributed by atoms with van der Waals surface area (Å²) in [6, 6.07) is 1.00. The van der Waals surface area contributed by atoms with E-state index in [0.717, 1.165) is 31.9 Å². The average Bonchev–Trinajstić information content (AvgIpc) is 2.19. The monoisotopic (exact) mass is 219 g/mol. The summed E-state index contributed by atoms with van der Waals surface area (Å²) in [4.78, 5) is 0. The maximum Gasteiger partial charge on any atom is 0.0281 e. The van der Waals surface area contributed by atoms with Crippen LogP contribution in [-0.2, 0) is 0 Å². The molecule has 0 heterocycles. The molecule has 3 nitrogen and oxygen atoms in total. The van der Waals surface area contributed by atoms with E-state index in [0.29, 0.717) is 12.1 Å². The van der Waals surface area contributed by atoms with E-state index >= 15 is 0 Å². The molecule has 0 aliphatic carbocycles. The summed E-state index contributed by atoms with van der Waals surface area (Å²) >= 11 is 4.32. The van der Waals surface area contributed by atoms with Crippen molar-refractivity contribution in [3.63, 3.8) is 0 Å². The summed E-state index contributed by atoms with van der Waals surface area (Å²) in [5.41, 5.74) is 0. The van der Waals surface area contributed by atoms with E-state index in [1.165, 1.54) is 0 Å². The van der Waals surface area contributed by atoms with E-state index in [1.54, 1.807) is 0 Å². The van der Waals surface area contributed by atoms with E-state index in [-0.39, 0.29) is 0 Å². The molecule has 3 N–H and O–H groups in total. The Kier molecular flexibility index (Phi) is 9.93. The highest BCUT2D eigenvalue weighted by Crippen LogP contribution is 1.87. The minimum atomic E-state index is 0.472. The number of rotatable bonds is 9. The van der Waals surface area contributed by atoms with Gasteiger partial charge in [0, 0.05) is 30.9 Å². The Labute approximate surface area is 93.8 Å². The standard InChI is InChI=1S/C10H25N3S/c1-4-11-7-10(8-14)13-6-9(3)12-5-2/h9-14H,4-8H2,1-3H3/t9-,10-/m1/s1. The minimum Gasteiger partial charge on any atom is -0.315 e. The first kappa shape index (κ1) is 14.2. The van der Waals surface area contributed by atoms with Gasteiger partial charge in [0.15, 0.2) is 0 Å². The summed E-state index contributed by atoms with van der Waals surface area (Å²) in [6.45, 7) is 10.5. The van der Waals surface area contributed by atoms with Crippen LogP contribution in [0, 0.1) is 0 Å². The largest absolute Gasteiger partial charge is 0.315 e. The maximum absolute atomic E-state index is 4.32. The molecular weight excluding hydrogens is 194 g/mol. The van der Waals surface area contributed by atoms with Crippen LogP contribution in [-0.4, -0.2) is 44.0 Å². The molecule has 0 bridgehead atoms. The predicted octanol–water partition coefficient (Wildman–Crippen LogP) is 0.482. The predicted molar refractivity (Wildman–Crippen MR) is 67.3 cm³/mol. The highest BCUT2D eigenvalue weighted by molar-refractivity contribution is 7.80. The number of nitrogens with one attached hydrogen (secondary N) is 3. The van der Waals surface area contributed by atoms with E-state index in [9.17, 15) is 0 Å². The third kappa shape index (κ3) is 7.62. The van der Waals surface area contributed by atoms with Crippen molar-refractivity contribution in [1.82, 2.24) is 16.0 Å². The van der Waals surface area contributed by atoms with Crippen molar-refractivity contribution >= 4 is 12.6 Å². The maximum atomic E-state index is 4.32. The van der Waals surface area contributed by atoms with Crippen LogP contribution < -0.4 is 16.0 Å². The zero-order valence-electron chi connectivity index (χ0n) is 9.64. The summed E-state index contributed by atoms with van der Waals surface area (Å²) in [5, 5.41) is 10.2. The van der Waals surface area contributed by atoms with Crippen molar-refractivity contribution in [3.8, 4) is 0 Å². The molecule has 0 amide bonds. The van der Waals surface area contributed by atoms with Crippen LogP contribution in [0.1, 0.15) is 20.8 Å². The Hall–Kier alpha value is 0.230. The Morgan fingerprint density at radius 2 is 1.79 bits per heavy atom. The van der Waals surface area contributed by atoms with Gasteiger partial charge in [0.2, 0.25) is 0 Å². The van der Waals surface area contributed by atoms with Crippen LogP contribution in [0.2, 0.25) is 0 Å². The fourth-order valence-corrected chi connectivity index (χ4v) is 1.54. The van der Waals surface area contributed by atoms with Crippen molar-refractivity contribution in [3.05, 3.63) is 0 Å². The van der Waals surface area contributed by atoms with Crippen molar-refractivity contribution < 1.29 is 0 Å². The Morgan fingerprint density at radius 1 is 1.07 bits per heavy atom. The average molecular weight is 219 g/mol. The van der Waals surface area contributed by atoms with Gasteiger partial charge in [-0.2, -0.15) is 12.6 Å². The van der Waals surface area contributed by atoms with Gasteiger partial charge < -0.3 is 16.0 Å². The number of thiol groups is 1. The molecule has 0 aromatic carbocycles. The molecule has 2 atom stereocenters. The van der Waals surface area contributed by atoms with Crippen LogP contribution in [0.3, 0.4) is 0 Å². The Bertz CT molecular complexity index is 122. The lowest BCUT2D eigenvalue weighted by Gasteiger charge is -2.20. The Balaban J connectivity index is 3.50. The van der Waals surface area contributed by atoms with E-state index in [4.69, 9.17) is 0 Å². The first-order chi connectivity index (χ1) is 6.74. The van der Waals surface area contributed by atoms with Crippen LogP contribution >= 0.6 is 12.6 Å². The minimum absolute atomic E-state index is 0.472. The molecule has 0 unspecified atom stereocenters. The van der Waals surface area contributed by atoms with E-state index < -0.39 is 0 Å². The second-order valence-corrected chi connectivity index (χ2v) is 3.92. The zero-order valence-corrected chi connectivity index (χ0v) is 10.5. The van der Waals surface area contributed by atoms with Crippen LogP contribution in [0.5, 0.6) is 0 Å². The first-order valence-electron chi connectivity index (χ1n) is 5.52. The molecule has 0 radical (unpaired) electrons. The number of hydrogen-bond acceptors (Lipinski definition) is 4. The van der Waals surface area contributed by atoms with Gasteiger partial charge in [-0.05, 0) is 20.0 Å². The van der Waals surface area contributed by atoms with Gasteiger partial charge in [-0.25, -0.2) is 0 Å². The molecule has 4 heteroatoms.